The van der Waals surface area contributed by atoms with Gasteiger partial charge in [-0.3, -0.25) is 0 Å². The zero-order valence-corrected chi connectivity index (χ0v) is 6.45. The Labute approximate surface area is 62.1 Å². The lowest BCUT2D eigenvalue weighted by atomic mass is 10.2. The van der Waals surface area contributed by atoms with Gasteiger partial charge in [-0.25, -0.2) is 0 Å². The maximum absolute atomic E-state index is 8.97. The lowest BCUT2D eigenvalue weighted by Gasteiger charge is -2.02. The molecule has 0 aromatic rings. The molecule has 9 heavy (non-hydrogen) atoms. The summed E-state index contributed by atoms with van der Waals surface area (Å²) in [5.74, 6) is 0. The van der Waals surface area contributed by atoms with Crippen LogP contribution in [-0.4, -0.2) is 23.8 Å². The summed E-state index contributed by atoms with van der Waals surface area (Å²) in [6.07, 6.45) is 1.99. The van der Waals surface area contributed by atoms with Crippen LogP contribution in [0.5, 0.6) is 0 Å². The van der Waals surface area contributed by atoms with Gasteiger partial charge in [0.25, 0.3) is 0 Å². The highest BCUT2D eigenvalue weighted by Crippen LogP contribution is 2.07. The molecule has 2 N–H and O–H groups in total. The van der Waals surface area contributed by atoms with Crippen LogP contribution in [0.25, 0.3) is 0 Å². The molecule has 0 bridgehead atoms. The van der Waals surface area contributed by atoms with Crippen molar-refractivity contribution in [3.63, 3.8) is 0 Å². The van der Waals surface area contributed by atoms with E-state index in [0.717, 1.165) is 19.4 Å². The maximum Gasteiger partial charge on any atom is 0.0679 e. The minimum Gasteiger partial charge on any atom is -0.392 e. The second-order valence-electron chi connectivity index (χ2n) is 2.40. The zero-order valence-electron chi connectivity index (χ0n) is 5.63. The molecule has 0 radical (unpaired) electrons. The van der Waals surface area contributed by atoms with Gasteiger partial charge in [0.1, 0.15) is 0 Å². The van der Waals surface area contributed by atoms with Gasteiger partial charge >= 0.3 is 0 Å². The van der Waals surface area contributed by atoms with E-state index in [4.69, 9.17) is 5.11 Å². The van der Waals surface area contributed by atoms with Crippen molar-refractivity contribution in [3.05, 3.63) is 0 Å². The summed E-state index contributed by atoms with van der Waals surface area (Å²) >= 11 is 0. The van der Waals surface area contributed by atoms with E-state index in [0.29, 0.717) is 6.04 Å². The Kier molecular flexibility index (Phi) is 4.19. The molecule has 56 valence electrons. The summed E-state index contributed by atoms with van der Waals surface area (Å²) < 4.78 is 0. The van der Waals surface area contributed by atoms with Gasteiger partial charge in [0, 0.05) is 12.6 Å². The van der Waals surface area contributed by atoms with E-state index in [9.17, 15) is 0 Å². The fourth-order valence-electron chi connectivity index (χ4n) is 1.11. The van der Waals surface area contributed by atoms with Crippen LogP contribution in [0.15, 0.2) is 0 Å². The van der Waals surface area contributed by atoms with Crippen molar-refractivity contribution in [3.8, 4) is 0 Å². The number of hydrogen-bond acceptors (Lipinski definition) is 2. The van der Waals surface area contributed by atoms with E-state index in [2.05, 4.69) is 12.2 Å². The third-order valence-electron chi connectivity index (χ3n) is 1.69. The number of halogens is 1. The molecule has 1 saturated heterocycles. The summed E-state index contributed by atoms with van der Waals surface area (Å²) in [6.45, 7) is 2.92. The van der Waals surface area contributed by atoms with Crippen molar-refractivity contribution < 1.29 is 5.11 Å². The van der Waals surface area contributed by atoms with Crippen molar-refractivity contribution in [2.45, 2.75) is 31.9 Å². The highest BCUT2D eigenvalue weighted by Gasteiger charge is 2.19. The van der Waals surface area contributed by atoms with E-state index in [1.165, 1.54) is 0 Å². The monoisotopic (exact) mass is 151 g/mol. The predicted molar refractivity (Wildman–Crippen MR) is 40.0 cm³/mol. The zero-order chi connectivity index (χ0) is 5.98. The van der Waals surface area contributed by atoms with Crippen LogP contribution in [0.2, 0.25) is 0 Å². The van der Waals surface area contributed by atoms with E-state index in [1.807, 2.05) is 0 Å². The fraction of sp³-hybridized carbons (Fsp3) is 1.00. The van der Waals surface area contributed by atoms with Gasteiger partial charge in [-0.05, 0) is 12.8 Å². The van der Waals surface area contributed by atoms with Crippen LogP contribution < -0.4 is 5.32 Å². The minimum absolute atomic E-state index is 0. The summed E-state index contributed by atoms with van der Waals surface area (Å²) in [5.41, 5.74) is 0. The number of hydrogen-bond donors (Lipinski definition) is 2. The Morgan fingerprint density at radius 1 is 1.67 bits per heavy atom. The number of aliphatic hydroxyl groups excluding tert-OH is 1. The van der Waals surface area contributed by atoms with Crippen molar-refractivity contribution in [1.29, 1.82) is 0 Å². The maximum atomic E-state index is 8.97. The smallest absolute Gasteiger partial charge is 0.0679 e. The fourth-order valence-corrected chi connectivity index (χ4v) is 1.11. The number of aliphatic hydroxyl groups is 1. The molecule has 0 saturated carbocycles. The Hall–Kier alpha value is 0.210. The van der Waals surface area contributed by atoms with E-state index in [-0.39, 0.29) is 18.5 Å². The first-order chi connectivity index (χ1) is 3.83. The first-order valence-electron chi connectivity index (χ1n) is 3.24. The quantitative estimate of drug-likeness (QED) is 0.574. The van der Waals surface area contributed by atoms with Crippen LogP contribution in [0.4, 0.5) is 0 Å². The molecule has 1 rings (SSSR count). The standard InChI is InChI=1S/C6H13NO.ClH/c1-2-5-3-6(8)4-7-5;/h5-8H,2-4H2,1H3;1H/t5-,6-;/m1./s1. The normalized spacial score (nSPS) is 34.0. The molecule has 1 aliphatic heterocycles. The van der Waals surface area contributed by atoms with Crippen LogP contribution >= 0.6 is 12.4 Å². The molecule has 2 nitrogen and oxygen atoms in total. The van der Waals surface area contributed by atoms with Crippen LogP contribution in [0, 0.1) is 0 Å². The minimum atomic E-state index is -0.0834. The number of nitrogens with one attached hydrogen (secondary N) is 1. The second-order valence-corrected chi connectivity index (χ2v) is 2.40. The van der Waals surface area contributed by atoms with E-state index < -0.39 is 0 Å². The summed E-state index contributed by atoms with van der Waals surface area (Å²) in [7, 11) is 0. The first kappa shape index (κ1) is 9.21. The molecule has 2 atom stereocenters. The molecule has 3 heteroatoms. The summed E-state index contributed by atoms with van der Waals surface area (Å²) in [6, 6.07) is 0.574. The van der Waals surface area contributed by atoms with Gasteiger partial charge in [-0.2, -0.15) is 0 Å². The SMILES string of the molecule is CC[C@@H]1C[C@@H](O)CN1.Cl. The van der Waals surface area contributed by atoms with Gasteiger partial charge in [0.15, 0.2) is 0 Å². The highest BCUT2D eigenvalue weighted by atomic mass is 35.5. The number of rotatable bonds is 1. The molecular formula is C6H14ClNO. The predicted octanol–water partition coefficient (Wildman–Crippen LogP) is 0.541. The van der Waals surface area contributed by atoms with Crippen LogP contribution in [0.3, 0.4) is 0 Å². The van der Waals surface area contributed by atoms with E-state index >= 15 is 0 Å². The van der Waals surface area contributed by atoms with Crippen molar-refractivity contribution in [2.24, 2.45) is 0 Å². The molecule has 1 fully saturated rings. The molecule has 0 amide bonds. The van der Waals surface area contributed by atoms with Gasteiger partial charge in [0.05, 0.1) is 6.10 Å². The molecule has 0 aliphatic carbocycles. The summed E-state index contributed by atoms with van der Waals surface area (Å²) in [4.78, 5) is 0. The molecule has 1 aliphatic rings. The molecule has 0 unspecified atom stereocenters. The van der Waals surface area contributed by atoms with Gasteiger partial charge in [0.2, 0.25) is 0 Å². The van der Waals surface area contributed by atoms with Crippen molar-refractivity contribution in [1.82, 2.24) is 5.32 Å². The number of β-amino-alcohol motifs (C(OH)–C–C–N with tert-alkyl or cyclic N) is 1. The van der Waals surface area contributed by atoms with Gasteiger partial charge in [-0.1, -0.05) is 6.92 Å². The lowest BCUT2D eigenvalue weighted by molar-refractivity contribution is 0.193. The third-order valence-corrected chi connectivity index (χ3v) is 1.69. The Bertz CT molecular complexity index is 79.5. The average Bonchev–Trinajstić information content (AvgIpc) is 2.14. The van der Waals surface area contributed by atoms with Crippen molar-refractivity contribution >= 4 is 12.4 Å². The molecule has 0 aromatic carbocycles. The van der Waals surface area contributed by atoms with Crippen LogP contribution in [0.1, 0.15) is 19.8 Å². The van der Waals surface area contributed by atoms with Crippen molar-refractivity contribution in [2.75, 3.05) is 6.54 Å². The van der Waals surface area contributed by atoms with Gasteiger partial charge < -0.3 is 10.4 Å². The Morgan fingerprint density at radius 3 is 2.56 bits per heavy atom. The molecular weight excluding hydrogens is 138 g/mol. The highest BCUT2D eigenvalue weighted by molar-refractivity contribution is 5.85. The largest absolute Gasteiger partial charge is 0.392 e. The van der Waals surface area contributed by atoms with E-state index in [1.54, 1.807) is 0 Å². The Morgan fingerprint density at radius 2 is 2.33 bits per heavy atom. The third kappa shape index (κ3) is 2.52. The molecule has 0 spiro atoms. The molecule has 0 aromatic heterocycles. The average molecular weight is 152 g/mol. The lowest BCUT2D eigenvalue weighted by Crippen LogP contribution is -2.19. The second kappa shape index (κ2) is 4.09. The first-order valence-corrected chi connectivity index (χ1v) is 3.24. The Balaban J connectivity index is 0.000000640. The molecule has 1 heterocycles. The topological polar surface area (TPSA) is 32.3 Å². The summed E-state index contributed by atoms with van der Waals surface area (Å²) in [5, 5.41) is 12.2. The van der Waals surface area contributed by atoms with Crippen LogP contribution in [-0.2, 0) is 0 Å². The van der Waals surface area contributed by atoms with Gasteiger partial charge in [-0.15, -0.1) is 12.4 Å².